The molecule has 3 radical (unpaired) electrons. The van der Waals surface area contributed by atoms with Gasteiger partial charge in [0.25, 0.3) is 0 Å². The first-order valence-electron chi connectivity index (χ1n) is 6.28. The average molecular weight is 336 g/mol. The number of benzene rings is 1. The third kappa shape index (κ3) is 4.74. The van der Waals surface area contributed by atoms with Gasteiger partial charge in [-0.1, -0.05) is 0 Å². The number of amidine groups is 1. The SMILES string of the molecule is C[Si](C)(C)/N=C(\c1ccccc1)[N]([Ge])[Si](C)(C)C. The van der Waals surface area contributed by atoms with Gasteiger partial charge in [0.15, 0.2) is 0 Å². The third-order valence-electron chi connectivity index (χ3n) is 2.36. The van der Waals surface area contributed by atoms with E-state index in [0.29, 0.717) is 0 Å². The zero-order valence-electron chi connectivity index (χ0n) is 12.3. The van der Waals surface area contributed by atoms with Crippen molar-refractivity contribution in [1.29, 1.82) is 0 Å². The molecule has 0 aliphatic carbocycles. The maximum atomic E-state index is 5.06. The Bertz CT molecular complexity index is 419. The van der Waals surface area contributed by atoms with Gasteiger partial charge in [-0.05, 0) is 0 Å². The Morgan fingerprint density at radius 2 is 1.50 bits per heavy atom. The zero-order valence-corrected chi connectivity index (χ0v) is 16.4. The van der Waals surface area contributed by atoms with Crippen LogP contribution in [0.2, 0.25) is 39.3 Å². The van der Waals surface area contributed by atoms with Crippen LogP contribution in [0.25, 0.3) is 0 Å². The number of hydrogen-bond acceptors (Lipinski definition) is 1. The van der Waals surface area contributed by atoms with Gasteiger partial charge in [0.05, 0.1) is 0 Å². The topological polar surface area (TPSA) is 15.6 Å². The summed E-state index contributed by atoms with van der Waals surface area (Å²) in [6.45, 7) is 13.9. The molecule has 97 valence electrons. The van der Waals surface area contributed by atoms with E-state index in [1.807, 2.05) is 0 Å². The molecule has 0 spiro atoms. The number of hydrogen-bond donors (Lipinski definition) is 0. The molecule has 0 fully saturated rings. The molecule has 0 aliphatic rings. The van der Waals surface area contributed by atoms with E-state index in [9.17, 15) is 0 Å². The third-order valence-corrected chi connectivity index (χ3v) is 9.46. The average Bonchev–Trinajstić information content (AvgIpc) is 2.24. The van der Waals surface area contributed by atoms with Crippen molar-refractivity contribution in [3.8, 4) is 0 Å². The Morgan fingerprint density at radius 1 is 1.00 bits per heavy atom. The number of rotatable bonds is 3. The van der Waals surface area contributed by atoms with Crippen molar-refractivity contribution < 1.29 is 0 Å². The normalized spacial score (nSPS) is 13.6. The minimum absolute atomic E-state index is 1.17. The first-order chi connectivity index (χ1) is 8.11. The molecule has 0 bridgehead atoms. The fraction of sp³-hybridized carbons (Fsp3) is 0.462. The van der Waals surface area contributed by atoms with Crippen molar-refractivity contribution in [3.63, 3.8) is 0 Å². The van der Waals surface area contributed by atoms with Crippen LogP contribution in [0.5, 0.6) is 0 Å². The Labute approximate surface area is 122 Å². The Balaban J connectivity index is 3.25. The molecule has 1 aromatic rings. The van der Waals surface area contributed by atoms with Crippen molar-refractivity contribution in [3.05, 3.63) is 35.9 Å². The minimum atomic E-state index is -1.48. The van der Waals surface area contributed by atoms with E-state index in [0.717, 1.165) is 0 Å². The zero-order chi connectivity index (χ0) is 14.0. The standard InChI is InChI=1S/C13H23GeN2Si2/c1-17(2,3)15-13(16(14)18(4,5)6)12-10-8-7-9-11-12/h7-11H,1-6H3/b15-13+. The van der Waals surface area contributed by atoms with Gasteiger partial charge in [0.1, 0.15) is 0 Å². The maximum absolute atomic E-state index is 5.06. The summed E-state index contributed by atoms with van der Waals surface area (Å²) in [5.41, 5.74) is 1.24. The van der Waals surface area contributed by atoms with Crippen LogP contribution in [0.1, 0.15) is 5.56 Å². The molecule has 0 saturated carbocycles. The molecular weight excluding hydrogens is 313 g/mol. The summed E-state index contributed by atoms with van der Waals surface area (Å²) in [6, 6.07) is 10.6. The van der Waals surface area contributed by atoms with Gasteiger partial charge in [-0.15, -0.1) is 0 Å². The molecule has 0 aliphatic heterocycles. The van der Waals surface area contributed by atoms with Crippen molar-refractivity contribution in [2.45, 2.75) is 39.3 Å². The van der Waals surface area contributed by atoms with E-state index in [1.54, 1.807) is 0 Å². The molecule has 0 saturated heterocycles. The van der Waals surface area contributed by atoms with Gasteiger partial charge < -0.3 is 0 Å². The van der Waals surface area contributed by atoms with Crippen molar-refractivity contribution in [2.75, 3.05) is 0 Å². The van der Waals surface area contributed by atoms with Crippen LogP contribution >= 0.6 is 0 Å². The molecule has 0 N–H and O–H groups in total. The Morgan fingerprint density at radius 3 is 1.89 bits per heavy atom. The van der Waals surface area contributed by atoms with Crippen LogP contribution in [0.3, 0.4) is 0 Å². The molecule has 0 aromatic heterocycles. The van der Waals surface area contributed by atoms with Crippen LogP contribution in [0.15, 0.2) is 35.0 Å². The van der Waals surface area contributed by atoms with E-state index in [4.69, 9.17) is 4.66 Å². The molecule has 5 heteroatoms. The molecular formula is C13H23GeN2Si2. The van der Waals surface area contributed by atoms with Crippen molar-refractivity contribution in [2.24, 2.45) is 4.66 Å². The van der Waals surface area contributed by atoms with Gasteiger partial charge in [0, 0.05) is 0 Å². The summed E-state index contributed by atoms with van der Waals surface area (Å²) < 4.78 is 7.48. The molecule has 1 aromatic carbocycles. The van der Waals surface area contributed by atoms with E-state index in [2.05, 4.69) is 89.9 Å². The fourth-order valence-corrected chi connectivity index (χ4v) is 3.83. The molecule has 0 heterocycles. The summed E-state index contributed by atoms with van der Waals surface area (Å²) >= 11 is 2.19. The van der Waals surface area contributed by atoms with Crippen LogP contribution in [0, 0.1) is 0 Å². The quantitative estimate of drug-likeness (QED) is 0.469. The molecule has 2 nitrogen and oxygen atoms in total. The molecule has 18 heavy (non-hydrogen) atoms. The summed E-state index contributed by atoms with van der Waals surface area (Å²) in [5.74, 6) is 1.17. The van der Waals surface area contributed by atoms with E-state index >= 15 is 0 Å². The van der Waals surface area contributed by atoms with Crippen LogP contribution < -0.4 is 0 Å². The fourth-order valence-electron chi connectivity index (χ4n) is 1.47. The Hall–Kier alpha value is -0.333. The van der Waals surface area contributed by atoms with Gasteiger partial charge >= 0.3 is 122 Å². The van der Waals surface area contributed by atoms with E-state index in [1.165, 1.54) is 11.4 Å². The second-order valence-electron chi connectivity index (χ2n) is 6.48. The predicted octanol–water partition coefficient (Wildman–Crippen LogP) is 3.49. The summed E-state index contributed by atoms with van der Waals surface area (Å²) in [7, 11) is -2.86. The first kappa shape index (κ1) is 15.7. The summed E-state index contributed by atoms with van der Waals surface area (Å²) in [4.78, 5) is 0. The van der Waals surface area contributed by atoms with Crippen molar-refractivity contribution in [1.82, 2.24) is 3.52 Å². The molecule has 1 rings (SSSR count). The summed E-state index contributed by atoms with van der Waals surface area (Å²) in [5, 5.41) is 0. The predicted molar refractivity (Wildman–Crippen MR) is 87.3 cm³/mol. The van der Waals surface area contributed by atoms with Crippen LogP contribution in [0.4, 0.5) is 0 Å². The van der Waals surface area contributed by atoms with Crippen LogP contribution in [-0.2, 0) is 0 Å². The van der Waals surface area contributed by atoms with Gasteiger partial charge in [-0.2, -0.15) is 0 Å². The molecule has 0 atom stereocenters. The van der Waals surface area contributed by atoms with Gasteiger partial charge in [0.2, 0.25) is 0 Å². The van der Waals surface area contributed by atoms with Gasteiger partial charge in [-0.25, -0.2) is 0 Å². The molecule has 0 amide bonds. The summed E-state index contributed by atoms with van der Waals surface area (Å²) in [6.07, 6.45) is 0. The first-order valence-corrected chi connectivity index (χ1v) is 14.1. The van der Waals surface area contributed by atoms with Gasteiger partial charge in [-0.3, -0.25) is 0 Å². The number of nitrogens with zero attached hydrogens (tertiary/aromatic N) is 2. The second-order valence-corrected chi connectivity index (χ2v) is 17.7. The second kappa shape index (κ2) is 5.75. The Kier molecular flexibility index (Phi) is 5.02. The molecule has 0 unspecified atom stereocenters. The van der Waals surface area contributed by atoms with Crippen LogP contribution in [-0.4, -0.2) is 42.6 Å². The van der Waals surface area contributed by atoms with E-state index < -0.39 is 16.5 Å². The monoisotopic (exact) mass is 337 g/mol. The van der Waals surface area contributed by atoms with E-state index in [-0.39, 0.29) is 0 Å². The van der Waals surface area contributed by atoms with Crippen molar-refractivity contribution >= 4 is 39.0 Å².